The van der Waals surface area contributed by atoms with Crippen LogP contribution < -0.4 is 4.90 Å². The maximum atomic E-state index is 13.8. The van der Waals surface area contributed by atoms with Crippen molar-refractivity contribution in [3.8, 4) is 22.3 Å². The van der Waals surface area contributed by atoms with Crippen LogP contribution in [0, 0.1) is 5.82 Å². The molecule has 1 saturated heterocycles. The maximum Gasteiger partial charge on any atom is 0.410 e. The summed E-state index contributed by atoms with van der Waals surface area (Å²) in [5.74, 6) is -0.0474. The highest BCUT2D eigenvalue weighted by atomic mass is 19.1. The topological polar surface area (TPSA) is 76.9 Å². The predicted molar refractivity (Wildman–Crippen MR) is 135 cm³/mol. The van der Waals surface area contributed by atoms with Gasteiger partial charge in [-0.15, -0.1) is 0 Å². The van der Waals surface area contributed by atoms with Crippen LogP contribution in [0.1, 0.15) is 31.3 Å². The number of methoxy groups -OCH3 is 1. The second-order valence-corrected chi connectivity index (χ2v) is 9.67. The first-order chi connectivity index (χ1) is 17.1. The molecule has 0 N–H and O–H groups in total. The molecule has 0 bridgehead atoms. The van der Waals surface area contributed by atoms with Gasteiger partial charge in [-0.2, -0.15) is 0 Å². The zero-order valence-corrected chi connectivity index (χ0v) is 21.2. The summed E-state index contributed by atoms with van der Waals surface area (Å²) in [6.45, 7) is 7.55. The van der Waals surface area contributed by atoms with E-state index in [1.165, 1.54) is 19.2 Å². The van der Waals surface area contributed by atoms with Crippen LogP contribution in [0.5, 0.6) is 0 Å². The van der Waals surface area contributed by atoms with Crippen LogP contribution in [0.3, 0.4) is 0 Å². The molecule has 3 aromatic rings. The van der Waals surface area contributed by atoms with Crippen molar-refractivity contribution in [2.24, 2.45) is 7.05 Å². The van der Waals surface area contributed by atoms with Gasteiger partial charge >= 0.3 is 12.1 Å². The smallest absolute Gasteiger partial charge is 0.410 e. The first-order valence-corrected chi connectivity index (χ1v) is 11.8. The van der Waals surface area contributed by atoms with E-state index in [0.717, 1.165) is 16.9 Å². The Kier molecular flexibility index (Phi) is 7.01. The molecule has 1 amide bonds. The van der Waals surface area contributed by atoms with Gasteiger partial charge < -0.3 is 23.8 Å². The monoisotopic (exact) mass is 494 g/mol. The Morgan fingerprint density at radius 3 is 2.06 bits per heavy atom. The van der Waals surface area contributed by atoms with Crippen molar-refractivity contribution in [3.63, 3.8) is 0 Å². The van der Waals surface area contributed by atoms with E-state index < -0.39 is 11.6 Å². The van der Waals surface area contributed by atoms with Crippen molar-refractivity contribution < 1.29 is 23.5 Å². The fraction of sp³-hybridized carbons (Fsp3) is 0.370. The number of piperazine rings is 1. The number of hydrogen-bond acceptors (Lipinski definition) is 6. The largest absolute Gasteiger partial charge is 0.464 e. The van der Waals surface area contributed by atoms with Gasteiger partial charge in [0.05, 0.1) is 7.11 Å². The number of anilines is 1. The summed E-state index contributed by atoms with van der Waals surface area (Å²) in [6, 6.07) is 9.82. The average molecular weight is 495 g/mol. The minimum Gasteiger partial charge on any atom is -0.464 e. The fourth-order valence-corrected chi connectivity index (χ4v) is 4.49. The Bertz CT molecular complexity index is 1240. The summed E-state index contributed by atoms with van der Waals surface area (Å²) >= 11 is 0. The van der Waals surface area contributed by atoms with Crippen molar-refractivity contribution in [1.29, 1.82) is 0 Å². The number of benzene rings is 1. The van der Waals surface area contributed by atoms with E-state index in [4.69, 9.17) is 9.47 Å². The molecule has 9 heteroatoms. The molecule has 2 aromatic heterocycles. The third-order valence-corrected chi connectivity index (χ3v) is 6.08. The van der Waals surface area contributed by atoms with Crippen LogP contribution in [0.2, 0.25) is 0 Å². The second-order valence-electron chi connectivity index (χ2n) is 9.67. The minimum atomic E-state index is -0.569. The molecular weight excluding hydrogens is 463 g/mol. The van der Waals surface area contributed by atoms with Gasteiger partial charge in [0.1, 0.15) is 22.9 Å². The molecule has 4 rings (SSSR count). The number of carbonyl (C=O) groups excluding carboxylic acids is 2. The molecule has 0 unspecified atom stereocenters. The van der Waals surface area contributed by atoms with Crippen LogP contribution in [0.15, 0.2) is 48.8 Å². The molecule has 1 aliphatic rings. The SMILES string of the molecule is COC(=O)c1c(-c2ccc(F)cc2)c(-c2ccncc2)c(N2CCN(C(=O)OC(C)(C)C)CC2)n1C. The van der Waals surface area contributed by atoms with E-state index in [0.29, 0.717) is 43.0 Å². The molecule has 1 fully saturated rings. The van der Waals surface area contributed by atoms with Gasteiger partial charge in [0.25, 0.3) is 0 Å². The van der Waals surface area contributed by atoms with Gasteiger partial charge in [0, 0.05) is 56.7 Å². The van der Waals surface area contributed by atoms with Gasteiger partial charge in [-0.05, 0) is 56.2 Å². The number of aromatic nitrogens is 2. The quantitative estimate of drug-likeness (QED) is 0.488. The van der Waals surface area contributed by atoms with Crippen molar-refractivity contribution in [2.45, 2.75) is 26.4 Å². The molecule has 36 heavy (non-hydrogen) atoms. The molecule has 0 atom stereocenters. The molecule has 3 heterocycles. The molecule has 1 aromatic carbocycles. The molecule has 0 radical (unpaired) electrons. The highest BCUT2D eigenvalue weighted by Crippen LogP contribution is 2.44. The van der Waals surface area contributed by atoms with Gasteiger partial charge in [-0.25, -0.2) is 14.0 Å². The summed E-state index contributed by atoms with van der Waals surface area (Å²) < 4.78 is 26.3. The van der Waals surface area contributed by atoms with Crippen molar-refractivity contribution in [2.75, 3.05) is 38.2 Å². The number of hydrogen-bond donors (Lipinski definition) is 0. The van der Waals surface area contributed by atoms with Crippen LogP contribution in [-0.4, -0.2) is 65.4 Å². The second kappa shape index (κ2) is 10.0. The van der Waals surface area contributed by atoms with Gasteiger partial charge in [0.2, 0.25) is 0 Å². The number of halogens is 1. The average Bonchev–Trinajstić information content (AvgIpc) is 3.16. The van der Waals surface area contributed by atoms with Gasteiger partial charge in [0.15, 0.2) is 0 Å². The number of carbonyl (C=O) groups is 2. The Morgan fingerprint density at radius 1 is 0.917 bits per heavy atom. The number of rotatable bonds is 4. The lowest BCUT2D eigenvalue weighted by molar-refractivity contribution is 0.0240. The fourth-order valence-electron chi connectivity index (χ4n) is 4.49. The van der Waals surface area contributed by atoms with Crippen LogP contribution in [-0.2, 0) is 16.5 Å². The highest BCUT2D eigenvalue weighted by Gasteiger charge is 2.33. The van der Waals surface area contributed by atoms with Crippen LogP contribution in [0.4, 0.5) is 15.0 Å². The van der Waals surface area contributed by atoms with Crippen molar-refractivity contribution >= 4 is 17.9 Å². The van der Waals surface area contributed by atoms with Crippen molar-refractivity contribution in [3.05, 3.63) is 60.3 Å². The van der Waals surface area contributed by atoms with E-state index >= 15 is 0 Å². The lowest BCUT2D eigenvalue weighted by Gasteiger charge is -2.37. The Balaban J connectivity index is 1.81. The summed E-state index contributed by atoms with van der Waals surface area (Å²) in [6.07, 6.45) is 3.04. The van der Waals surface area contributed by atoms with E-state index in [1.54, 1.807) is 29.4 Å². The van der Waals surface area contributed by atoms with Crippen molar-refractivity contribution in [1.82, 2.24) is 14.5 Å². The number of pyridine rings is 1. The number of nitrogens with zero attached hydrogens (tertiary/aromatic N) is 4. The molecule has 1 aliphatic heterocycles. The van der Waals surface area contributed by atoms with Gasteiger partial charge in [-0.1, -0.05) is 12.1 Å². The summed E-state index contributed by atoms with van der Waals surface area (Å²) in [7, 11) is 3.16. The lowest BCUT2D eigenvalue weighted by Crippen LogP contribution is -2.50. The summed E-state index contributed by atoms with van der Waals surface area (Å²) in [5, 5.41) is 0. The first kappa shape index (κ1) is 25.2. The zero-order chi connectivity index (χ0) is 26.0. The van der Waals surface area contributed by atoms with E-state index in [9.17, 15) is 14.0 Å². The van der Waals surface area contributed by atoms with E-state index in [2.05, 4.69) is 9.88 Å². The number of ether oxygens (including phenoxy) is 2. The lowest BCUT2D eigenvalue weighted by atomic mass is 9.96. The first-order valence-electron chi connectivity index (χ1n) is 11.8. The number of esters is 1. The third-order valence-electron chi connectivity index (χ3n) is 6.08. The normalized spacial score (nSPS) is 14.1. The molecule has 0 aliphatic carbocycles. The van der Waals surface area contributed by atoms with Crippen LogP contribution >= 0.6 is 0 Å². The standard InChI is InChI=1S/C27H31FN4O4/c1-27(2,3)36-26(34)32-16-14-31(15-17-32)24-22(19-10-12-29-13-11-19)21(18-6-8-20(28)9-7-18)23(30(24)4)25(33)35-5/h6-13H,14-17H2,1-5H3. The van der Waals surface area contributed by atoms with Gasteiger partial charge in [-0.3, -0.25) is 4.98 Å². The third kappa shape index (κ3) is 5.05. The molecular formula is C27H31FN4O4. The number of amides is 1. The zero-order valence-electron chi connectivity index (χ0n) is 21.2. The Labute approximate surface area is 210 Å². The summed E-state index contributed by atoms with van der Waals surface area (Å²) in [5.41, 5.74) is 2.82. The molecule has 190 valence electrons. The Hall–Kier alpha value is -3.88. The minimum absolute atomic E-state index is 0.342. The molecule has 0 spiro atoms. The van der Waals surface area contributed by atoms with E-state index in [1.807, 2.05) is 44.5 Å². The predicted octanol–water partition coefficient (Wildman–Crippen LogP) is 4.74. The summed E-state index contributed by atoms with van der Waals surface area (Å²) in [4.78, 5) is 33.6. The van der Waals surface area contributed by atoms with E-state index in [-0.39, 0.29) is 11.9 Å². The maximum absolute atomic E-state index is 13.8. The Morgan fingerprint density at radius 2 is 1.50 bits per heavy atom. The highest BCUT2D eigenvalue weighted by molar-refractivity contribution is 6.05. The molecule has 8 nitrogen and oxygen atoms in total. The van der Waals surface area contributed by atoms with Crippen LogP contribution in [0.25, 0.3) is 22.3 Å². The molecule has 0 saturated carbocycles.